The van der Waals surface area contributed by atoms with Crippen LogP contribution in [0.4, 0.5) is 5.69 Å². The fraction of sp³-hybridized carbons (Fsp3) is 0.368. The Kier molecular flexibility index (Phi) is 5.38. The fourth-order valence-corrected chi connectivity index (χ4v) is 3.57. The van der Waals surface area contributed by atoms with Gasteiger partial charge in [-0.25, -0.2) is 4.98 Å². The highest BCUT2D eigenvalue weighted by molar-refractivity contribution is 7.99. The lowest BCUT2D eigenvalue weighted by molar-refractivity contribution is 0.187. The minimum Gasteiger partial charge on any atom is -0.383 e. The largest absolute Gasteiger partial charge is 0.383 e. The number of nitrogens with zero attached hydrogens (tertiary/aromatic N) is 3. The van der Waals surface area contributed by atoms with Gasteiger partial charge in [0.15, 0.2) is 0 Å². The van der Waals surface area contributed by atoms with Crippen LogP contribution in [0.5, 0.6) is 0 Å². The summed E-state index contributed by atoms with van der Waals surface area (Å²) in [5.74, 6) is 0.954. The van der Waals surface area contributed by atoms with Gasteiger partial charge in [-0.1, -0.05) is 11.9 Å². The van der Waals surface area contributed by atoms with Crippen molar-refractivity contribution in [3.8, 4) is 11.1 Å². The number of nitrogens with one attached hydrogen (secondary N) is 1. The van der Waals surface area contributed by atoms with Gasteiger partial charge in [0.05, 0.1) is 17.8 Å². The van der Waals surface area contributed by atoms with Gasteiger partial charge in [-0.2, -0.15) is 0 Å². The number of pyridine rings is 1. The number of rotatable bonds is 6. The molecule has 2 aromatic heterocycles. The molecule has 0 amide bonds. The average molecular weight is 372 g/mol. The summed E-state index contributed by atoms with van der Waals surface area (Å²) < 4.78 is 12.4. The number of fused-ring (bicyclic) bond motifs is 1. The molecule has 0 aliphatic rings. The zero-order valence-electron chi connectivity index (χ0n) is 15.8. The highest BCUT2D eigenvalue weighted by atomic mass is 32.2. The fourth-order valence-electron chi connectivity index (χ4n) is 3.19. The lowest BCUT2D eigenvalue weighted by Crippen LogP contribution is -2.18. The van der Waals surface area contributed by atoms with Crippen molar-refractivity contribution < 1.29 is 4.74 Å². The Morgan fingerprint density at radius 3 is 2.65 bits per heavy atom. The Morgan fingerprint density at radius 2 is 2.00 bits per heavy atom. The Bertz CT molecular complexity index is 981. The summed E-state index contributed by atoms with van der Waals surface area (Å²) in [7, 11) is 3.49. The molecule has 3 aromatic rings. The van der Waals surface area contributed by atoms with E-state index in [2.05, 4.69) is 21.4 Å². The van der Waals surface area contributed by atoms with E-state index in [-0.39, 0.29) is 5.56 Å². The molecule has 0 radical (unpaired) electrons. The molecule has 6 nitrogen and oxygen atoms in total. The number of hydrogen-bond acceptors (Lipinski definition) is 5. The molecule has 1 N–H and O–H groups in total. The van der Waals surface area contributed by atoms with Crippen molar-refractivity contribution in [1.29, 1.82) is 0 Å². The summed E-state index contributed by atoms with van der Waals surface area (Å²) >= 11 is 1.54. The maximum absolute atomic E-state index is 12.0. The lowest BCUT2D eigenvalue weighted by Gasteiger charge is -2.12. The first kappa shape index (κ1) is 18.5. The van der Waals surface area contributed by atoms with Crippen LogP contribution in [0.1, 0.15) is 11.4 Å². The van der Waals surface area contributed by atoms with Gasteiger partial charge in [0.2, 0.25) is 0 Å². The van der Waals surface area contributed by atoms with Crippen LogP contribution in [-0.2, 0) is 18.3 Å². The predicted octanol–water partition coefficient (Wildman–Crippen LogP) is 3.36. The zero-order chi connectivity index (χ0) is 18.8. The van der Waals surface area contributed by atoms with Crippen LogP contribution in [0.3, 0.4) is 0 Å². The summed E-state index contributed by atoms with van der Waals surface area (Å²) in [6, 6.07) is 6.16. The number of hydrogen-bond donors (Lipinski definition) is 1. The van der Waals surface area contributed by atoms with Crippen LogP contribution in [0.2, 0.25) is 0 Å². The number of aromatic nitrogens is 3. The molecule has 0 aliphatic heterocycles. The van der Waals surface area contributed by atoms with Crippen LogP contribution in [0.15, 0.2) is 29.2 Å². The van der Waals surface area contributed by atoms with Crippen molar-refractivity contribution in [3.05, 3.63) is 46.1 Å². The molecule has 0 saturated heterocycles. The molecule has 0 aliphatic carbocycles. The molecule has 2 heterocycles. The van der Waals surface area contributed by atoms with Crippen molar-refractivity contribution in [1.82, 2.24) is 14.1 Å². The molecular formula is C19H24N4O2S. The van der Waals surface area contributed by atoms with Gasteiger partial charge in [0.1, 0.15) is 11.3 Å². The van der Waals surface area contributed by atoms with Crippen LogP contribution in [-0.4, -0.2) is 34.1 Å². The third kappa shape index (κ3) is 3.37. The molecule has 7 heteroatoms. The van der Waals surface area contributed by atoms with E-state index < -0.39 is 0 Å². The van der Waals surface area contributed by atoms with Gasteiger partial charge in [-0.3, -0.25) is 4.79 Å². The van der Waals surface area contributed by atoms with Gasteiger partial charge < -0.3 is 18.6 Å². The number of aryl methyl sites for hydroxylation is 3. The summed E-state index contributed by atoms with van der Waals surface area (Å²) in [5.41, 5.74) is 5.78. The molecule has 0 spiro atoms. The maximum Gasteiger partial charge on any atom is 0.253 e. The van der Waals surface area contributed by atoms with Crippen LogP contribution >= 0.6 is 11.9 Å². The highest BCUT2D eigenvalue weighted by Crippen LogP contribution is 2.32. The third-order valence-corrected chi connectivity index (χ3v) is 4.90. The van der Waals surface area contributed by atoms with Gasteiger partial charge in [-0.05, 0) is 43.2 Å². The molecular weight excluding hydrogens is 348 g/mol. The number of imidazole rings is 1. The number of anilines is 1. The van der Waals surface area contributed by atoms with E-state index in [4.69, 9.17) is 9.72 Å². The summed E-state index contributed by atoms with van der Waals surface area (Å²) in [6.07, 6.45) is 3.87. The van der Waals surface area contributed by atoms with E-state index in [1.165, 1.54) is 11.9 Å². The Balaban J connectivity index is 2.24. The molecule has 138 valence electrons. The molecule has 0 atom stereocenters. The average Bonchev–Trinajstić information content (AvgIpc) is 2.93. The first-order valence-electron chi connectivity index (χ1n) is 8.42. The van der Waals surface area contributed by atoms with Crippen molar-refractivity contribution in [2.24, 2.45) is 7.05 Å². The van der Waals surface area contributed by atoms with Crippen LogP contribution in [0.25, 0.3) is 22.2 Å². The van der Waals surface area contributed by atoms with E-state index in [0.29, 0.717) is 6.61 Å². The molecule has 0 saturated carbocycles. The van der Waals surface area contributed by atoms with E-state index in [1.807, 2.05) is 32.4 Å². The first-order chi connectivity index (χ1) is 12.5. The number of methoxy groups -OCH3 is 1. The second-order valence-corrected chi connectivity index (χ2v) is 6.94. The molecule has 0 fully saturated rings. The Hall–Kier alpha value is -2.25. The minimum atomic E-state index is 0.0262. The number of ether oxygens (including phenoxy) is 1. The highest BCUT2D eigenvalue weighted by Gasteiger charge is 2.14. The van der Waals surface area contributed by atoms with E-state index >= 15 is 0 Å². The van der Waals surface area contributed by atoms with Crippen LogP contribution in [0, 0.1) is 13.8 Å². The standard InChI is InChI=1S/C19H24N4O2S/c1-12-8-15(11-22(3)19(12)24)14-9-16(21-26-5)18-17(10-14)23(6-7-25-4)13(2)20-18/h8-11,21H,6-7H2,1-5H3. The SMILES string of the molecule is COCCn1c(C)nc2c(NSC)cc(-c3cc(C)c(=O)n(C)c3)cc21. The molecule has 26 heavy (non-hydrogen) atoms. The molecule has 3 rings (SSSR count). The Labute approximate surface area is 157 Å². The van der Waals surface area contributed by atoms with Gasteiger partial charge in [0, 0.05) is 38.7 Å². The minimum absolute atomic E-state index is 0.0262. The van der Waals surface area contributed by atoms with Crippen molar-refractivity contribution in [3.63, 3.8) is 0 Å². The van der Waals surface area contributed by atoms with Crippen molar-refractivity contribution in [2.45, 2.75) is 20.4 Å². The summed E-state index contributed by atoms with van der Waals surface area (Å²) in [5, 5.41) is 0. The van der Waals surface area contributed by atoms with Crippen molar-refractivity contribution >= 4 is 28.7 Å². The van der Waals surface area contributed by atoms with Gasteiger partial charge in [-0.15, -0.1) is 0 Å². The Morgan fingerprint density at radius 1 is 1.23 bits per heavy atom. The quantitative estimate of drug-likeness (QED) is 0.673. The predicted molar refractivity (Wildman–Crippen MR) is 109 cm³/mol. The first-order valence-corrected chi connectivity index (χ1v) is 9.65. The van der Waals surface area contributed by atoms with Gasteiger partial charge in [0.25, 0.3) is 5.56 Å². The van der Waals surface area contributed by atoms with E-state index in [1.54, 1.807) is 18.7 Å². The second kappa shape index (κ2) is 7.55. The van der Waals surface area contributed by atoms with Crippen molar-refractivity contribution in [2.75, 3.05) is 24.7 Å². The van der Waals surface area contributed by atoms with Crippen LogP contribution < -0.4 is 10.3 Å². The summed E-state index contributed by atoms with van der Waals surface area (Å²) in [4.78, 5) is 16.8. The van der Waals surface area contributed by atoms with E-state index in [9.17, 15) is 4.79 Å². The smallest absolute Gasteiger partial charge is 0.253 e. The third-order valence-electron chi connectivity index (χ3n) is 4.47. The zero-order valence-corrected chi connectivity index (χ0v) is 16.6. The lowest BCUT2D eigenvalue weighted by atomic mass is 10.0. The normalized spacial score (nSPS) is 11.3. The van der Waals surface area contributed by atoms with E-state index in [0.717, 1.165) is 45.8 Å². The second-order valence-electron chi connectivity index (χ2n) is 6.33. The molecule has 1 aromatic carbocycles. The van der Waals surface area contributed by atoms with Gasteiger partial charge >= 0.3 is 0 Å². The monoisotopic (exact) mass is 372 g/mol. The molecule has 0 bridgehead atoms. The topological polar surface area (TPSA) is 61.1 Å². The number of benzene rings is 1. The summed E-state index contributed by atoms with van der Waals surface area (Å²) in [6.45, 7) is 5.22. The molecule has 0 unspecified atom stereocenters. The maximum atomic E-state index is 12.0.